The lowest BCUT2D eigenvalue weighted by Crippen LogP contribution is -2.19. The summed E-state index contributed by atoms with van der Waals surface area (Å²) in [6.45, 7) is 3.77. The second-order valence-electron chi connectivity index (χ2n) is 5.40. The zero-order chi connectivity index (χ0) is 16.4. The molecule has 0 bridgehead atoms. The highest BCUT2D eigenvalue weighted by Gasteiger charge is 2.07. The molecule has 4 heteroatoms. The molecule has 2 rings (SSSR count). The van der Waals surface area contributed by atoms with E-state index in [1.165, 1.54) is 18.2 Å². The van der Waals surface area contributed by atoms with E-state index < -0.39 is 0 Å². The number of hydrogen-bond acceptors (Lipinski definition) is 4. The maximum absolute atomic E-state index is 7.00. The van der Waals surface area contributed by atoms with Crippen LogP contribution in [-0.2, 0) is 6.42 Å². The number of aliphatic hydroxyl groups excluding tert-OH is 1. The summed E-state index contributed by atoms with van der Waals surface area (Å²) in [5, 5.41) is 9.32. The number of aryl methyl sites for hydroxylation is 1. The number of aromatic nitrogens is 1. The van der Waals surface area contributed by atoms with Gasteiger partial charge in [-0.2, -0.15) is 0 Å². The van der Waals surface area contributed by atoms with E-state index in [1.54, 1.807) is 0 Å². The number of nitrogens with zero attached hydrogens (tertiary/aromatic N) is 2. The van der Waals surface area contributed by atoms with Gasteiger partial charge in [0.25, 0.3) is 0 Å². The molecule has 1 aromatic carbocycles. The molecule has 0 amide bonds. The van der Waals surface area contributed by atoms with E-state index in [4.69, 9.17) is 14.8 Å². The van der Waals surface area contributed by atoms with Crippen molar-refractivity contribution < 1.29 is 9.84 Å². The molecule has 0 aliphatic heterocycles. The molecule has 0 spiro atoms. The lowest BCUT2D eigenvalue weighted by Gasteiger charge is -2.13. The van der Waals surface area contributed by atoms with Gasteiger partial charge >= 0.3 is 0 Å². The van der Waals surface area contributed by atoms with Gasteiger partial charge in [-0.05, 0) is 44.5 Å². The fraction of sp³-hybridized carbons (Fsp3) is 0.500. The van der Waals surface area contributed by atoms with Gasteiger partial charge in [0.2, 0.25) is 5.88 Å². The molecule has 0 fully saturated rings. The second-order valence-corrected chi connectivity index (χ2v) is 5.40. The maximum atomic E-state index is 7.00. The molecule has 22 heavy (non-hydrogen) atoms. The summed E-state index contributed by atoms with van der Waals surface area (Å²) in [5.41, 5.74) is 1.13. The zero-order valence-electron chi connectivity index (χ0n) is 14.2. The minimum atomic E-state index is 0.668. The lowest BCUT2D eigenvalue weighted by atomic mass is 10.1. The number of unbranched alkanes of at least 4 members (excludes halogenated alkanes) is 1. The number of rotatable bonds is 7. The van der Waals surface area contributed by atoms with Crippen molar-refractivity contribution in [3.8, 4) is 5.88 Å². The third-order valence-electron chi connectivity index (χ3n) is 3.32. The smallest absolute Gasteiger partial charge is 0.221 e. The zero-order valence-corrected chi connectivity index (χ0v) is 14.2. The van der Waals surface area contributed by atoms with Gasteiger partial charge in [0.15, 0.2) is 0 Å². The Bertz CT molecular complexity index is 556. The van der Waals surface area contributed by atoms with E-state index in [2.05, 4.69) is 36.1 Å². The molecule has 0 radical (unpaired) electrons. The first-order chi connectivity index (χ1) is 10.7. The molecule has 0 unspecified atom stereocenters. The molecule has 0 aliphatic rings. The van der Waals surface area contributed by atoms with Crippen LogP contribution in [0.4, 0.5) is 0 Å². The van der Waals surface area contributed by atoms with Gasteiger partial charge in [0.1, 0.15) is 6.61 Å². The molecule has 4 nitrogen and oxygen atoms in total. The van der Waals surface area contributed by atoms with E-state index in [-0.39, 0.29) is 0 Å². The largest absolute Gasteiger partial charge is 0.476 e. The Morgan fingerprint density at radius 1 is 1.18 bits per heavy atom. The summed E-state index contributed by atoms with van der Waals surface area (Å²) < 4.78 is 5.90. The van der Waals surface area contributed by atoms with E-state index in [9.17, 15) is 0 Å². The molecule has 0 aliphatic carbocycles. The molecular weight excluding hydrogens is 276 g/mol. The topological polar surface area (TPSA) is 45.6 Å². The summed E-state index contributed by atoms with van der Waals surface area (Å²) in [4.78, 5) is 6.81. The van der Waals surface area contributed by atoms with Crippen molar-refractivity contribution in [2.24, 2.45) is 0 Å². The first kappa shape index (κ1) is 18.4. The minimum absolute atomic E-state index is 0.668. The van der Waals surface area contributed by atoms with Gasteiger partial charge in [0, 0.05) is 24.7 Å². The van der Waals surface area contributed by atoms with Crippen LogP contribution in [0, 0.1) is 0 Å². The van der Waals surface area contributed by atoms with Crippen LogP contribution in [-0.4, -0.2) is 49.3 Å². The van der Waals surface area contributed by atoms with Crippen molar-refractivity contribution in [2.75, 3.05) is 34.4 Å². The predicted octanol–water partition coefficient (Wildman–Crippen LogP) is 3.13. The van der Waals surface area contributed by atoms with Crippen LogP contribution in [0.5, 0.6) is 5.88 Å². The fourth-order valence-corrected chi connectivity index (χ4v) is 2.14. The van der Waals surface area contributed by atoms with Crippen LogP contribution in [0.1, 0.15) is 25.5 Å². The number of hydrogen-bond donors (Lipinski definition) is 1. The Morgan fingerprint density at radius 2 is 1.91 bits per heavy atom. The van der Waals surface area contributed by atoms with Gasteiger partial charge in [-0.15, -0.1) is 0 Å². The number of benzene rings is 1. The lowest BCUT2D eigenvalue weighted by molar-refractivity contribution is 0.256. The maximum Gasteiger partial charge on any atom is 0.221 e. The minimum Gasteiger partial charge on any atom is -0.476 e. The Kier molecular flexibility index (Phi) is 8.48. The number of ether oxygens (including phenoxy) is 1. The molecule has 0 saturated heterocycles. The van der Waals surface area contributed by atoms with Gasteiger partial charge < -0.3 is 14.7 Å². The molecule has 1 aromatic heterocycles. The third-order valence-corrected chi connectivity index (χ3v) is 3.32. The molecule has 1 N–H and O–H groups in total. The fourth-order valence-electron chi connectivity index (χ4n) is 2.14. The highest BCUT2D eigenvalue weighted by molar-refractivity contribution is 5.87. The molecular formula is C18H28N2O2. The van der Waals surface area contributed by atoms with Crippen molar-refractivity contribution in [3.05, 3.63) is 36.0 Å². The van der Waals surface area contributed by atoms with Crippen molar-refractivity contribution in [2.45, 2.75) is 26.2 Å². The predicted molar refractivity (Wildman–Crippen MR) is 92.5 cm³/mol. The van der Waals surface area contributed by atoms with Crippen molar-refractivity contribution in [3.63, 3.8) is 0 Å². The normalized spacial score (nSPS) is 10.5. The molecule has 0 atom stereocenters. The van der Waals surface area contributed by atoms with Gasteiger partial charge in [-0.25, -0.2) is 4.98 Å². The van der Waals surface area contributed by atoms with E-state index >= 15 is 0 Å². The highest BCUT2D eigenvalue weighted by Crippen LogP contribution is 2.25. The van der Waals surface area contributed by atoms with Gasteiger partial charge in [0.05, 0.1) is 0 Å². The monoisotopic (exact) mass is 304 g/mol. The van der Waals surface area contributed by atoms with Crippen LogP contribution in [0.25, 0.3) is 10.8 Å². The van der Waals surface area contributed by atoms with Crippen LogP contribution in [0.3, 0.4) is 0 Å². The van der Waals surface area contributed by atoms with Crippen molar-refractivity contribution >= 4 is 10.8 Å². The van der Waals surface area contributed by atoms with Crippen LogP contribution in [0.2, 0.25) is 0 Å². The van der Waals surface area contributed by atoms with Crippen LogP contribution >= 0.6 is 0 Å². The Labute approximate surface area is 133 Å². The highest BCUT2D eigenvalue weighted by atomic mass is 16.5. The Balaban J connectivity index is 0.00000116. The summed E-state index contributed by atoms with van der Waals surface area (Å²) >= 11 is 0. The molecule has 2 aromatic rings. The number of likely N-dealkylation sites (N-methyl/N-ethyl adjacent to an activating group) is 1. The van der Waals surface area contributed by atoms with Crippen molar-refractivity contribution in [1.29, 1.82) is 0 Å². The number of aliphatic hydroxyl groups is 1. The number of pyridine rings is 1. The first-order valence-electron chi connectivity index (χ1n) is 7.81. The summed E-state index contributed by atoms with van der Waals surface area (Å²) in [6, 6.07) is 10.5. The van der Waals surface area contributed by atoms with Gasteiger partial charge in [-0.1, -0.05) is 31.5 Å². The average molecular weight is 304 g/mol. The molecule has 122 valence electrons. The quantitative estimate of drug-likeness (QED) is 0.853. The average Bonchev–Trinajstić information content (AvgIpc) is 2.54. The van der Waals surface area contributed by atoms with Crippen molar-refractivity contribution in [1.82, 2.24) is 9.88 Å². The third kappa shape index (κ3) is 5.62. The standard InChI is InChI=1S/C17H24N2O.CH4O/c1-4-5-9-15-13-14-8-6-7-10-16(14)17(18-15)20-12-11-19(2)3;1-2/h6-8,10,13H,4-5,9,11-12H2,1-3H3;2H,1H3. The summed E-state index contributed by atoms with van der Waals surface area (Å²) in [6.07, 6.45) is 3.37. The van der Waals surface area contributed by atoms with E-state index in [1.807, 2.05) is 20.2 Å². The summed E-state index contributed by atoms with van der Waals surface area (Å²) in [7, 11) is 5.10. The molecule has 1 heterocycles. The first-order valence-corrected chi connectivity index (χ1v) is 7.81. The molecule has 0 saturated carbocycles. The van der Waals surface area contributed by atoms with Crippen LogP contribution in [0.15, 0.2) is 30.3 Å². The number of fused-ring (bicyclic) bond motifs is 1. The SMILES string of the molecule is CCCCc1cc2ccccc2c(OCCN(C)C)n1.CO. The Morgan fingerprint density at radius 3 is 2.59 bits per heavy atom. The second kappa shape index (κ2) is 10.1. The summed E-state index contributed by atoms with van der Waals surface area (Å²) in [5.74, 6) is 0.774. The van der Waals surface area contributed by atoms with E-state index in [0.29, 0.717) is 6.61 Å². The van der Waals surface area contributed by atoms with Gasteiger partial charge in [-0.3, -0.25) is 0 Å². The Hall–Kier alpha value is -1.65. The van der Waals surface area contributed by atoms with Crippen LogP contribution < -0.4 is 4.74 Å². The van der Waals surface area contributed by atoms with E-state index in [0.717, 1.165) is 37.0 Å².